The van der Waals surface area contributed by atoms with E-state index in [0.717, 1.165) is 12.8 Å². The number of Topliss-reactive ketones (excluding diaryl/α,β-unsaturated/α-hetero) is 1. The van der Waals surface area contributed by atoms with Crippen molar-refractivity contribution in [3.05, 3.63) is 35.9 Å². The van der Waals surface area contributed by atoms with E-state index in [2.05, 4.69) is 0 Å². The molecule has 1 aromatic carbocycles. The Morgan fingerprint density at radius 1 is 1.17 bits per heavy atom. The number of ketones is 1. The van der Waals surface area contributed by atoms with Gasteiger partial charge in [-0.2, -0.15) is 0 Å². The van der Waals surface area contributed by atoms with Crippen molar-refractivity contribution in [1.82, 2.24) is 0 Å². The van der Waals surface area contributed by atoms with E-state index < -0.39 is 6.10 Å². The molecule has 98 valence electrons. The average Bonchev–Trinajstić information content (AvgIpc) is 2.47. The van der Waals surface area contributed by atoms with Crippen LogP contribution < -0.4 is 0 Å². The fraction of sp³-hybridized carbons (Fsp3) is 0.562. The van der Waals surface area contributed by atoms with Crippen LogP contribution in [0.25, 0.3) is 0 Å². The number of benzene rings is 1. The number of carbonyl (C=O) groups excluding carboxylic acids is 1. The molecule has 1 N–H and O–H groups in total. The van der Waals surface area contributed by atoms with Gasteiger partial charge in [0.25, 0.3) is 0 Å². The molecule has 0 aromatic heterocycles. The maximum atomic E-state index is 12.3. The highest BCUT2D eigenvalue weighted by Gasteiger charge is 2.30. The number of hydrogen-bond donors (Lipinski definition) is 1. The zero-order valence-corrected chi connectivity index (χ0v) is 11.0. The van der Waals surface area contributed by atoms with E-state index >= 15 is 0 Å². The highest BCUT2D eigenvalue weighted by Crippen LogP contribution is 2.30. The van der Waals surface area contributed by atoms with Crippen molar-refractivity contribution in [2.75, 3.05) is 0 Å². The van der Waals surface area contributed by atoms with Gasteiger partial charge in [0.15, 0.2) is 5.78 Å². The first kappa shape index (κ1) is 13.3. The topological polar surface area (TPSA) is 37.3 Å². The van der Waals surface area contributed by atoms with Crippen LogP contribution in [0.15, 0.2) is 30.3 Å². The van der Waals surface area contributed by atoms with Crippen LogP contribution in [0.2, 0.25) is 0 Å². The van der Waals surface area contributed by atoms with Crippen LogP contribution in [0.3, 0.4) is 0 Å². The van der Waals surface area contributed by atoms with Crippen LogP contribution in [0.4, 0.5) is 0 Å². The summed E-state index contributed by atoms with van der Waals surface area (Å²) in [7, 11) is 0. The quantitative estimate of drug-likeness (QED) is 0.826. The van der Waals surface area contributed by atoms with Gasteiger partial charge in [0.2, 0.25) is 0 Å². The largest absolute Gasteiger partial charge is 0.392 e. The molecule has 0 bridgehead atoms. The predicted molar refractivity (Wildman–Crippen MR) is 72.5 cm³/mol. The van der Waals surface area contributed by atoms with Gasteiger partial charge in [-0.05, 0) is 18.8 Å². The molecule has 18 heavy (non-hydrogen) atoms. The van der Waals surface area contributed by atoms with Crippen LogP contribution >= 0.6 is 0 Å². The van der Waals surface area contributed by atoms with Gasteiger partial charge in [0.1, 0.15) is 0 Å². The molecule has 1 aliphatic carbocycles. The summed E-state index contributed by atoms with van der Waals surface area (Å²) in [4.78, 5) is 12.3. The zero-order valence-electron chi connectivity index (χ0n) is 11.0. The highest BCUT2D eigenvalue weighted by atomic mass is 16.3. The minimum atomic E-state index is -0.488. The van der Waals surface area contributed by atoms with E-state index in [1.807, 2.05) is 37.3 Å². The normalized spacial score (nSPS) is 20.3. The van der Waals surface area contributed by atoms with E-state index in [1.165, 1.54) is 19.3 Å². The number of carbonyl (C=O) groups is 1. The lowest BCUT2D eigenvalue weighted by molar-refractivity contribution is 0.0360. The molecule has 0 saturated heterocycles. The molecule has 2 rings (SSSR count). The third kappa shape index (κ3) is 2.99. The Labute approximate surface area is 109 Å². The summed E-state index contributed by atoms with van der Waals surface area (Å²) >= 11 is 0. The molecular weight excluding hydrogens is 224 g/mol. The Morgan fingerprint density at radius 3 is 2.39 bits per heavy atom. The van der Waals surface area contributed by atoms with Gasteiger partial charge in [0.05, 0.1) is 6.10 Å². The molecule has 1 saturated carbocycles. The van der Waals surface area contributed by atoms with Gasteiger partial charge in [-0.25, -0.2) is 0 Å². The second-order valence-electron chi connectivity index (χ2n) is 5.41. The third-order valence-corrected chi connectivity index (χ3v) is 4.12. The number of hydrogen-bond acceptors (Lipinski definition) is 2. The second kappa shape index (κ2) is 6.14. The molecule has 0 radical (unpaired) electrons. The lowest BCUT2D eigenvalue weighted by atomic mass is 9.79. The molecule has 0 spiro atoms. The van der Waals surface area contributed by atoms with Crippen LogP contribution in [-0.4, -0.2) is 17.0 Å². The number of aliphatic hydroxyl groups is 1. The Kier molecular flexibility index (Phi) is 4.54. The highest BCUT2D eigenvalue weighted by molar-refractivity contribution is 5.97. The minimum absolute atomic E-state index is 0.0636. The molecule has 2 atom stereocenters. The fourth-order valence-corrected chi connectivity index (χ4v) is 2.90. The number of aliphatic hydroxyl groups excluding tert-OH is 1. The van der Waals surface area contributed by atoms with Crippen LogP contribution in [0.1, 0.15) is 49.4 Å². The van der Waals surface area contributed by atoms with Gasteiger partial charge in [0, 0.05) is 11.5 Å². The van der Waals surface area contributed by atoms with Crippen LogP contribution in [0, 0.1) is 11.8 Å². The molecular formula is C16H22O2. The first-order chi connectivity index (χ1) is 8.70. The predicted octanol–water partition coefficient (Wildman–Crippen LogP) is 3.45. The van der Waals surface area contributed by atoms with E-state index in [4.69, 9.17) is 0 Å². The Bertz CT molecular complexity index is 379. The Hall–Kier alpha value is -1.15. The molecule has 2 heteroatoms. The van der Waals surface area contributed by atoms with E-state index in [1.54, 1.807) is 0 Å². The van der Waals surface area contributed by atoms with Crippen molar-refractivity contribution in [3.8, 4) is 0 Å². The number of rotatable bonds is 4. The summed E-state index contributed by atoms with van der Waals surface area (Å²) in [6.07, 6.45) is 5.28. The van der Waals surface area contributed by atoms with Gasteiger partial charge < -0.3 is 5.11 Å². The standard InChI is InChI=1S/C16H22O2/c1-12(15(17)13-8-4-2-5-9-13)16(18)14-10-6-3-7-11-14/h2,4-5,8-9,12,14,16,18H,3,6-7,10-11H2,1H3/t12-,16+/m1/s1. The average molecular weight is 246 g/mol. The molecule has 1 fully saturated rings. The maximum absolute atomic E-state index is 12.3. The second-order valence-corrected chi connectivity index (χ2v) is 5.41. The van der Waals surface area contributed by atoms with Crippen molar-refractivity contribution >= 4 is 5.78 Å². The fourth-order valence-electron chi connectivity index (χ4n) is 2.90. The minimum Gasteiger partial charge on any atom is -0.392 e. The van der Waals surface area contributed by atoms with Crippen molar-refractivity contribution in [2.24, 2.45) is 11.8 Å². The molecule has 2 nitrogen and oxygen atoms in total. The SMILES string of the molecule is C[C@H](C(=O)c1ccccc1)[C@H](O)C1CCCCC1. The summed E-state index contributed by atoms with van der Waals surface area (Å²) in [6, 6.07) is 9.29. The smallest absolute Gasteiger partial charge is 0.168 e. The van der Waals surface area contributed by atoms with Gasteiger partial charge in [-0.3, -0.25) is 4.79 Å². The summed E-state index contributed by atoms with van der Waals surface area (Å²) in [5.41, 5.74) is 0.708. The van der Waals surface area contributed by atoms with E-state index in [9.17, 15) is 9.90 Å². The van der Waals surface area contributed by atoms with E-state index in [0.29, 0.717) is 11.5 Å². The van der Waals surface area contributed by atoms with Gasteiger partial charge >= 0.3 is 0 Å². The summed E-state index contributed by atoms with van der Waals surface area (Å²) < 4.78 is 0. The van der Waals surface area contributed by atoms with Crippen LogP contribution in [-0.2, 0) is 0 Å². The lowest BCUT2D eigenvalue weighted by Crippen LogP contribution is -2.33. The monoisotopic (exact) mass is 246 g/mol. The molecule has 0 aliphatic heterocycles. The first-order valence-corrected chi connectivity index (χ1v) is 6.97. The molecule has 1 aromatic rings. The van der Waals surface area contributed by atoms with Crippen molar-refractivity contribution in [2.45, 2.75) is 45.1 Å². The molecule has 0 unspecified atom stereocenters. The first-order valence-electron chi connectivity index (χ1n) is 6.97. The summed E-state index contributed by atoms with van der Waals surface area (Å²) in [5.74, 6) is 0.0746. The molecule has 0 heterocycles. The van der Waals surface area contributed by atoms with Gasteiger partial charge in [-0.15, -0.1) is 0 Å². The Balaban J connectivity index is 2.01. The van der Waals surface area contributed by atoms with Crippen LogP contribution in [0.5, 0.6) is 0 Å². The molecule has 0 amide bonds. The third-order valence-electron chi connectivity index (χ3n) is 4.12. The van der Waals surface area contributed by atoms with Crippen molar-refractivity contribution in [1.29, 1.82) is 0 Å². The zero-order chi connectivity index (χ0) is 13.0. The van der Waals surface area contributed by atoms with Crippen molar-refractivity contribution in [3.63, 3.8) is 0 Å². The maximum Gasteiger partial charge on any atom is 0.168 e. The van der Waals surface area contributed by atoms with Crippen molar-refractivity contribution < 1.29 is 9.90 Å². The van der Waals surface area contributed by atoms with E-state index in [-0.39, 0.29) is 11.7 Å². The summed E-state index contributed by atoms with van der Waals surface area (Å²) in [6.45, 7) is 1.86. The van der Waals surface area contributed by atoms with Gasteiger partial charge in [-0.1, -0.05) is 56.5 Å². The Morgan fingerprint density at radius 2 is 1.78 bits per heavy atom. The molecule has 1 aliphatic rings. The lowest BCUT2D eigenvalue weighted by Gasteiger charge is -2.29. The summed E-state index contributed by atoms with van der Waals surface area (Å²) in [5, 5.41) is 10.4.